The molecule has 2 saturated heterocycles. The van der Waals surface area contributed by atoms with E-state index in [2.05, 4.69) is 0 Å². The summed E-state index contributed by atoms with van der Waals surface area (Å²) in [4.78, 5) is 13.4. The maximum Gasteiger partial charge on any atom is 0.184 e. The lowest BCUT2D eigenvalue weighted by atomic mass is 9.84. The van der Waals surface area contributed by atoms with Crippen LogP contribution in [0.2, 0.25) is 0 Å². The van der Waals surface area contributed by atoms with Crippen LogP contribution in [0, 0.1) is 17.8 Å². The Bertz CT molecular complexity index is 872. The number of rotatable bonds is 6. The first-order valence-electron chi connectivity index (χ1n) is 11.3. The minimum atomic E-state index is -0.971. The SMILES string of the molecule is C[C@@H]1CO[C@@H](c2ccccc2)O[C@H]1[C@@H](O)[C@H](C)C(=O)[C@H]1O[C@@H](c2ccccc2)OC[C@@H]1C. The van der Waals surface area contributed by atoms with E-state index < -0.39 is 36.8 Å². The van der Waals surface area contributed by atoms with E-state index in [-0.39, 0.29) is 17.6 Å². The van der Waals surface area contributed by atoms with Crippen molar-refractivity contribution >= 4 is 5.78 Å². The fourth-order valence-electron chi connectivity index (χ4n) is 4.33. The van der Waals surface area contributed by atoms with Gasteiger partial charge >= 0.3 is 0 Å². The number of carbonyl (C=O) groups excluding carboxylic acids is 1. The highest BCUT2D eigenvalue weighted by Gasteiger charge is 2.43. The molecule has 0 unspecified atom stereocenters. The van der Waals surface area contributed by atoms with E-state index in [0.717, 1.165) is 11.1 Å². The van der Waals surface area contributed by atoms with Crippen LogP contribution < -0.4 is 0 Å². The molecule has 0 amide bonds. The lowest BCUT2D eigenvalue weighted by molar-refractivity contribution is -0.264. The highest BCUT2D eigenvalue weighted by atomic mass is 16.7. The van der Waals surface area contributed by atoms with E-state index in [9.17, 15) is 9.90 Å². The van der Waals surface area contributed by atoms with E-state index in [0.29, 0.717) is 13.2 Å². The third-order valence-corrected chi connectivity index (χ3v) is 6.37. The van der Waals surface area contributed by atoms with Gasteiger partial charge in [0.1, 0.15) is 6.10 Å². The monoisotopic (exact) mass is 440 g/mol. The molecule has 6 heteroatoms. The highest BCUT2D eigenvalue weighted by molar-refractivity contribution is 5.86. The van der Waals surface area contributed by atoms with E-state index in [1.165, 1.54) is 0 Å². The van der Waals surface area contributed by atoms with Gasteiger partial charge in [0.25, 0.3) is 0 Å². The molecule has 32 heavy (non-hydrogen) atoms. The highest BCUT2D eigenvalue weighted by Crippen LogP contribution is 2.35. The van der Waals surface area contributed by atoms with Crippen LogP contribution in [0.4, 0.5) is 0 Å². The number of aliphatic hydroxyl groups is 1. The molecule has 0 saturated carbocycles. The number of ether oxygens (including phenoxy) is 4. The second-order valence-electron chi connectivity index (χ2n) is 8.95. The van der Waals surface area contributed by atoms with Crippen LogP contribution in [0.25, 0.3) is 0 Å². The Morgan fingerprint density at radius 1 is 0.844 bits per heavy atom. The smallest absolute Gasteiger partial charge is 0.184 e. The van der Waals surface area contributed by atoms with Crippen molar-refractivity contribution in [2.75, 3.05) is 13.2 Å². The molecule has 0 aliphatic carbocycles. The first-order valence-corrected chi connectivity index (χ1v) is 11.3. The Morgan fingerprint density at radius 2 is 1.34 bits per heavy atom. The Hall–Kier alpha value is -2.09. The third kappa shape index (κ3) is 4.95. The molecule has 2 aliphatic heterocycles. The van der Waals surface area contributed by atoms with Crippen LogP contribution in [0.1, 0.15) is 44.5 Å². The molecule has 1 N–H and O–H groups in total. The molecule has 6 nitrogen and oxygen atoms in total. The molecule has 8 atom stereocenters. The molecule has 2 aliphatic rings. The standard InChI is InChI=1S/C26H32O6/c1-16-14-29-25(19-10-6-4-7-11-19)31-23(16)21(27)18(3)22(28)24-17(2)15-30-26(32-24)20-12-8-5-9-13-20/h4-13,16-18,21,23-27H,14-15H2,1-3H3/t16-,17+,18+,21+,23-,24+,25-,26+/m1/s1. The molecule has 0 bridgehead atoms. The van der Waals surface area contributed by atoms with Crippen molar-refractivity contribution in [2.24, 2.45) is 17.8 Å². The van der Waals surface area contributed by atoms with Crippen LogP contribution in [-0.4, -0.2) is 42.4 Å². The van der Waals surface area contributed by atoms with Gasteiger partial charge in [-0.15, -0.1) is 0 Å². The normalized spacial score (nSPS) is 32.8. The number of aliphatic hydroxyl groups excluding tert-OH is 1. The van der Waals surface area contributed by atoms with Crippen molar-refractivity contribution in [3.05, 3.63) is 71.8 Å². The zero-order valence-corrected chi connectivity index (χ0v) is 18.8. The Labute approximate surface area is 189 Å². The van der Waals surface area contributed by atoms with Crippen LogP contribution in [0.5, 0.6) is 0 Å². The quantitative estimate of drug-likeness (QED) is 0.730. The van der Waals surface area contributed by atoms with Gasteiger partial charge in [0, 0.05) is 28.9 Å². The molecule has 172 valence electrons. The fourth-order valence-corrected chi connectivity index (χ4v) is 4.33. The number of hydrogen-bond donors (Lipinski definition) is 1. The van der Waals surface area contributed by atoms with Crippen LogP contribution in [-0.2, 0) is 23.7 Å². The van der Waals surface area contributed by atoms with Gasteiger partial charge in [-0.2, -0.15) is 0 Å². The Balaban J connectivity index is 1.44. The first kappa shape index (κ1) is 23.1. The van der Waals surface area contributed by atoms with Gasteiger partial charge in [0.2, 0.25) is 0 Å². The minimum absolute atomic E-state index is 0.0506. The summed E-state index contributed by atoms with van der Waals surface area (Å²) in [6.45, 7) is 6.51. The Morgan fingerprint density at radius 3 is 1.91 bits per heavy atom. The lowest BCUT2D eigenvalue weighted by Gasteiger charge is -2.40. The van der Waals surface area contributed by atoms with Gasteiger partial charge in [0.05, 0.1) is 25.4 Å². The topological polar surface area (TPSA) is 74.2 Å². The van der Waals surface area contributed by atoms with Crippen molar-refractivity contribution in [1.82, 2.24) is 0 Å². The summed E-state index contributed by atoms with van der Waals surface area (Å²) in [6, 6.07) is 19.2. The Kier molecular flexibility index (Phi) is 7.38. The molecule has 0 aromatic heterocycles. The summed E-state index contributed by atoms with van der Waals surface area (Å²) in [5.74, 6) is -0.945. The molecular weight excluding hydrogens is 408 g/mol. The van der Waals surface area contributed by atoms with Gasteiger partial charge in [0.15, 0.2) is 18.4 Å². The molecule has 2 fully saturated rings. The second kappa shape index (κ2) is 10.2. The van der Waals surface area contributed by atoms with Gasteiger partial charge in [-0.25, -0.2) is 0 Å². The summed E-state index contributed by atoms with van der Waals surface area (Å²) in [6.07, 6.45) is -3.30. The van der Waals surface area contributed by atoms with E-state index in [4.69, 9.17) is 18.9 Å². The van der Waals surface area contributed by atoms with Gasteiger partial charge in [-0.05, 0) is 0 Å². The summed E-state index contributed by atoms with van der Waals surface area (Å²) in [5.41, 5.74) is 1.76. The molecule has 0 spiro atoms. The largest absolute Gasteiger partial charge is 0.390 e. The molecule has 2 aromatic carbocycles. The number of benzene rings is 2. The van der Waals surface area contributed by atoms with Gasteiger partial charge in [-0.3, -0.25) is 4.79 Å². The van der Waals surface area contributed by atoms with Crippen LogP contribution >= 0.6 is 0 Å². The average molecular weight is 441 g/mol. The van der Waals surface area contributed by atoms with Crippen LogP contribution in [0.3, 0.4) is 0 Å². The molecule has 2 heterocycles. The summed E-state index contributed by atoms with van der Waals surface area (Å²) >= 11 is 0. The molecule has 2 aromatic rings. The second-order valence-corrected chi connectivity index (χ2v) is 8.95. The lowest BCUT2D eigenvalue weighted by Crippen LogP contribution is -2.50. The van der Waals surface area contributed by atoms with E-state index in [1.54, 1.807) is 6.92 Å². The van der Waals surface area contributed by atoms with Crippen molar-refractivity contribution < 1.29 is 28.8 Å². The molecular formula is C26H32O6. The average Bonchev–Trinajstić information content (AvgIpc) is 2.84. The molecule has 4 rings (SSSR count). The number of hydrogen-bond acceptors (Lipinski definition) is 6. The van der Waals surface area contributed by atoms with Crippen LogP contribution in [0.15, 0.2) is 60.7 Å². The van der Waals surface area contributed by atoms with Crippen molar-refractivity contribution in [2.45, 2.75) is 51.7 Å². The van der Waals surface area contributed by atoms with E-state index >= 15 is 0 Å². The molecule has 0 radical (unpaired) electrons. The third-order valence-electron chi connectivity index (χ3n) is 6.37. The van der Waals surface area contributed by atoms with Gasteiger partial charge in [-0.1, -0.05) is 81.4 Å². The summed E-state index contributed by atoms with van der Waals surface area (Å²) in [5, 5.41) is 11.2. The zero-order valence-electron chi connectivity index (χ0n) is 18.8. The van der Waals surface area contributed by atoms with Crippen molar-refractivity contribution in [1.29, 1.82) is 0 Å². The number of Topliss-reactive ketones (excluding diaryl/α,β-unsaturated/α-hetero) is 1. The summed E-state index contributed by atoms with van der Waals surface area (Å²) in [7, 11) is 0. The van der Waals surface area contributed by atoms with Crippen molar-refractivity contribution in [3.63, 3.8) is 0 Å². The predicted molar refractivity (Wildman–Crippen MR) is 119 cm³/mol. The predicted octanol–water partition coefficient (Wildman–Crippen LogP) is 4.05. The number of carbonyl (C=O) groups is 1. The minimum Gasteiger partial charge on any atom is -0.390 e. The number of ketones is 1. The van der Waals surface area contributed by atoms with E-state index in [1.807, 2.05) is 74.5 Å². The maximum absolute atomic E-state index is 13.4. The maximum atomic E-state index is 13.4. The van der Waals surface area contributed by atoms with Crippen molar-refractivity contribution in [3.8, 4) is 0 Å². The first-order chi connectivity index (χ1) is 15.5. The summed E-state index contributed by atoms with van der Waals surface area (Å²) < 4.78 is 23.9. The zero-order chi connectivity index (χ0) is 22.7. The van der Waals surface area contributed by atoms with Gasteiger partial charge < -0.3 is 24.1 Å². The fraction of sp³-hybridized carbons (Fsp3) is 0.500.